The average molecular weight is 746 g/mol. The SMILES string of the molecule is C/C=c1/sc2c(/c1=C(/CC)c1nc(-c3ccc(-c4ccc(-c5ccccc5)cc4)cc3)nc(C3C=CC=CC3)n1)C=C(C1=CC=C(C3=CC=CCC3)CC1)CC2. The summed E-state index contributed by atoms with van der Waals surface area (Å²) in [6, 6.07) is 28.1. The standard InChI is InChI=1S/C52H47N3S/c1-3-45(49-46-34-44(32-33-48(46)56-47(49)4-2)41-26-24-38(25-27-41)36-16-10-6-11-17-36)52-54-50(42-18-12-7-13-19-42)53-51(55-52)43-30-28-40(29-31-43)39-22-20-37(21-23-39)35-14-8-5-9-15-35/h4-10,12-16,18,20-24,26,28-31,34,42H,3,11,17,19,25,27,32-33H2,1-2H3/b47-4+,49-45+. The fraction of sp³-hybridized carbons (Fsp3) is 0.212. The van der Waals surface area contributed by atoms with E-state index in [2.05, 4.69) is 160 Å². The number of benzene rings is 3. The summed E-state index contributed by atoms with van der Waals surface area (Å²) in [6.07, 6.45) is 33.4. The average Bonchev–Trinajstić information content (AvgIpc) is 3.65. The summed E-state index contributed by atoms with van der Waals surface area (Å²) in [5, 5.41) is 1.30. The highest BCUT2D eigenvalue weighted by Gasteiger charge is 2.23. The zero-order valence-electron chi connectivity index (χ0n) is 32.3. The van der Waals surface area contributed by atoms with E-state index in [-0.39, 0.29) is 5.92 Å². The number of aromatic nitrogens is 3. The molecule has 0 bridgehead atoms. The van der Waals surface area contributed by atoms with Crippen LogP contribution in [0.25, 0.3) is 51.4 Å². The smallest absolute Gasteiger partial charge is 0.163 e. The summed E-state index contributed by atoms with van der Waals surface area (Å²) in [4.78, 5) is 17.2. The van der Waals surface area contributed by atoms with Crippen molar-refractivity contribution in [1.82, 2.24) is 15.0 Å². The van der Waals surface area contributed by atoms with Crippen LogP contribution in [-0.4, -0.2) is 15.0 Å². The van der Waals surface area contributed by atoms with E-state index < -0.39 is 0 Å². The molecule has 1 atom stereocenters. The summed E-state index contributed by atoms with van der Waals surface area (Å²) >= 11 is 1.94. The van der Waals surface area contributed by atoms with Crippen LogP contribution in [0.4, 0.5) is 0 Å². The van der Waals surface area contributed by atoms with Crippen LogP contribution in [0.1, 0.15) is 86.8 Å². The van der Waals surface area contributed by atoms with Crippen molar-refractivity contribution in [2.75, 3.05) is 0 Å². The van der Waals surface area contributed by atoms with E-state index in [0.29, 0.717) is 0 Å². The molecule has 4 aliphatic carbocycles. The molecule has 9 rings (SSSR count). The summed E-state index contributed by atoms with van der Waals surface area (Å²) < 4.78 is 1.31. The van der Waals surface area contributed by atoms with Gasteiger partial charge in [-0.05, 0) is 114 Å². The summed E-state index contributed by atoms with van der Waals surface area (Å²) in [5.41, 5.74) is 14.3. The number of nitrogens with zero attached hydrogens (tertiary/aromatic N) is 3. The lowest BCUT2D eigenvalue weighted by atomic mass is 9.84. The summed E-state index contributed by atoms with van der Waals surface area (Å²) in [7, 11) is 0. The molecule has 56 heavy (non-hydrogen) atoms. The van der Waals surface area contributed by atoms with E-state index in [1.807, 2.05) is 11.3 Å². The number of rotatable bonds is 8. The molecule has 2 heterocycles. The zero-order valence-corrected chi connectivity index (χ0v) is 33.2. The van der Waals surface area contributed by atoms with Gasteiger partial charge < -0.3 is 0 Å². The minimum Gasteiger partial charge on any atom is -0.213 e. The first-order valence-corrected chi connectivity index (χ1v) is 21.1. The van der Waals surface area contributed by atoms with Crippen molar-refractivity contribution < 1.29 is 0 Å². The van der Waals surface area contributed by atoms with Crippen LogP contribution in [-0.2, 0) is 6.42 Å². The maximum Gasteiger partial charge on any atom is 0.163 e. The van der Waals surface area contributed by atoms with Gasteiger partial charge in [-0.3, -0.25) is 0 Å². The second-order valence-electron chi connectivity index (χ2n) is 15.0. The van der Waals surface area contributed by atoms with E-state index in [9.17, 15) is 0 Å². The second kappa shape index (κ2) is 16.2. The summed E-state index contributed by atoms with van der Waals surface area (Å²) in [5.74, 6) is 2.46. The third kappa shape index (κ3) is 7.34. The minimum absolute atomic E-state index is 0.109. The Morgan fingerprint density at radius 3 is 1.95 bits per heavy atom. The van der Waals surface area contributed by atoms with E-state index in [1.54, 1.807) is 0 Å². The van der Waals surface area contributed by atoms with Gasteiger partial charge in [-0.25, -0.2) is 15.0 Å². The van der Waals surface area contributed by atoms with Crippen molar-refractivity contribution in [2.45, 2.75) is 71.1 Å². The maximum atomic E-state index is 5.30. The Labute approximate surface area is 335 Å². The van der Waals surface area contributed by atoms with E-state index in [0.717, 1.165) is 74.4 Å². The fourth-order valence-electron chi connectivity index (χ4n) is 8.49. The quantitative estimate of drug-likeness (QED) is 0.159. The van der Waals surface area contributed by atoms with Crippen molar-refractivity contribution in [1.29, 1.82) is 0 Å². The Hall–Kier alpha value is -5.71. The van der Waals surface area contributed by atoms with Crippen LogP contribution in [0.3, 0.4) is 0 Å². The van der Waals surface area contributed by atoms with Crippen LogP contribution in [0, 0.1) is 0 Å². The Morgan fingerprint density at radius 2 is 1.32 bits per heavy atom. The van der Waals surface area contributed by atoms with Gasteiger partial charge in [0.15, 0.2) is 11.6 Å². The molecule has 0 fully saturated rings. The van der Waals surface area contributed by atoms with Gasteiger partial charge in [0.1, 0.15) is 5.82 Å². The molecule has 0 aliphatic heterocycles. The van der Waals surface area contributed by atoms with Crippen molar-refractivity contribution in [3.63, 3.8) is 0 Å². The van der Waals surface area contributed by atoms with Crippen molar-refractivity contribution >= 4 is 29.1 Å². The Morgan fingerprint density at radius 1 is 0.661 bits per heavy atom. The van der Waals surface area contributed by atoms with Crippen LogP contribution < -0.4 is 9.75 Å². The van der Waals surface area contributed by atoms with Gasteiger partial charge in [-0.2, -0.15) is 0 Å². The fourth-order valence-corrected chi connectivity index (χ4v) is 9.69. The predicted octanol–water partition coefficient (Wildman–Crippen LogP) is 12.2. The van der Waals surface area contributed by atoms with Gasteiger partial charge in [-0.15, -0.1) is 11.3 Å². The lowest BCUT2D eigenvalue weighted by Crippen LogP contribution is -2.26. The topological polar surface area (TPSA) is 38.7 Å². The molecule has 2 aromatic heterocycles. The number of hydrogen-bond donors (Lipinski definition) is 0. The maximum absolute atomic E-state index is 5.30. The molecule has 5 aromatic rings. The molecule has 0 spiro atoms. The van der Waals surface area contributed by atoms with Crippen molar-refractivity contribution in [3.8, 4) is 33.6 Å². The second-order valence-corrected chi connectivity index (χ2v) is 16.2. The predicted molar refractivity (Wildman–Crippen MR) is 236 cm³/mol. The number of hydrogen-bond acceptors (Lipinski definition) is 4. The Bertz CT molecular complexity index is 2620. The molecule has 0 saturated heterocycles. The van der Waals surface area contributed by atoms with Crippen LogP contribution in [0.2, 0.25) is 0 Å². The van der Waals surface area contributed by atoms with Gasteiger partial charge in [0, 0.05) is 31.7 Å². The van der Waals surface area contributed by atoms with Crippen molar-refractivity contribution in [2.24, 2.45) is 0 Å². The highest BCUT2D eigenvalue weighted by Crippen LogP contribution is 2.36. The lowest BCUT2D eigenvalue weighted by Gasteiger charge is -2.22. The highest BCUT2D eigenvalue weighted by atomic mass is 32.1. The lowest BCUT2D eigenvalue weighted by molar-refractivity contribution is 0.755. The van der Waals surface area contributed by atoms with Gasteiger partial charge in [0.05, 0.1) is 0 Å². The highest BCUT2D eigenvalue weighted by molar-refractivity contribution is 7.10. The molecular formula is C52H47N3S. The zero-order chi connectivity index (χ0) is 37.8. The number of allylic oxidation sites excluding steroid dienone is 13. The molecule has 1 unspecified atom stereocenters. The van der Waals surface area contributed by atoms with Gasteiger partial charge in [-0.1, -0.05) is 147 Å². The first-order valence-electron chi connectivity index (χ1n) is 20.3. The molecule has 0 saturated carbocycles. The molecular weight excluding hydrogens is 699 g/mol. The molecule has 3 aromatic carbocycles. The third-order valence-corrected chi connectivity index (χ3v) is 12.9. The van der Waals surface area contributed by atoms with E-state index in [4.69, 9.17) is 15.0 Å². The summed E-state index contributed by atoms with van der Waals surface area (Å²) in [6.45, 7) is 4.42. The molecule has 0 radical (unpaired) electrons. The van der Waals surface area contributed by atoms with Gasteiger partial charge in [0.2, 0.25) is 0 Å². The van der Waals surface area contributed by atoms with E-state index >= 15 is 0 Å². The Balaban J connectivity index is 1.10. The van der Waals surface area contributed by atoms with Crippen LogP contribution >= 0.6 is 11.3 Å². The van der Waals surface area contributed by atoms with E-state index in [1.165, 1.54) is 70.3 Å². The molecule has 0 N–H and O–H groups in total. The number of fused-ring (bicyclic) bond motifs is 1. The first-order chi connectivity index (χ1) is 27.6. The first kappa shape index (κ1) is 36.0. The molecule has 4 heteroatoms. The molecule has 276 valence electrons. The van der Waals surface area contributed by atoms with Crippen molar-refractivity contribution in [3.05, 3.63) is 188 Å². The Kier molecular flexibility index (Phi) is 10.4. The monoisotopic (exact) mass is 745 g/mol. The minimum atomic E-state index is 0.109. The number of thiophene rings is 1. The van der Waals surface area contributed by atoms with Crippen LogP contribution in [0.15, 0.2) is 156 Å². The van der Waals surface area contributed by atoms with Gasteiger partial charge >= 0.3 is 0 Å². The molecule has 4 aliphatic rings. The van der Waals surface area contributed by atoms with Gasteiger partial charge in [0.25, 0.3) is 0 Å². The van der Waals surface area contributed by atoms with Crippen LogP contribution in [0.5, 0.6) is 0 Å². The molecule has 3 nitrogen and oxygen atoms in total. The normalized spacial score (nSPS) is 18.5. The molecule has 0 amide bonds. The number of aryl methyl sites for hydroxylation is 1. The largest absolute Gasteiger partial charge is 0.213 e. The third-order valence-electron chi connectivity index (χ3n) is 11.6.